The quantitative estimate of drug-likeness (QED) is 0.530. The van der Waals surface area contributed by atoms with Gasteiger partial charge in [-0.2, -0.15) is 0 Å². The van der Waals surface area contributed by atoms with Gasteiger partial charge in [0.15, 0.2) is 6.29 Å². The number of aliphatic hydroxyl groups is 1. The number of unbranched alkanes of at least 4 members (excludes halogenated alkanes) is 1. The Morgan fingerprint density at radius 1 is 1.38 bits per heavy atom. The SMILES string of the molecule is CNC(=O)CCCCOc1cc(CO)c(C=O)c(OC)c1. The molecule has 0 saturated heterocycles. The van der Waals surface area contributed by atoms with Crippen LogP contribution in [-0.2, 0) is 11.4 Å². The highest BCUT2D eigenvalue weighted by atomic mass is 16.5. The molecule has 116 valence electrons. The monoisotopic (exact) mass is 295 g/mol. The van der Waals surface area contributed by atoms with Gasteiger partial charge in [0.25, 0.3) is 0 Å². The van der Waals surface area contributed by atoms with Gasteiger partial charge in [0.05, 0.1) is 25.9 Å². The summed E-state index contributed by atoms with van der Waals surface area (Å²) in [6.45, 7) is 0.184. The maximum absolute atomic E-state index is 11.1. The molecule has 0 radical (unpaired) electrons. The molecule has 1 rings (SSSR count). The van der Waals surface area contributed by atoms with E-state index < -0.39 is 0 Å². The molecule has 0 aliphatic rings. The average Bonchev–Trinajstić information content (AvgIpc) is 2.52. The van der Waals surface area contributed by atoms with Crippen LogP contribution in [0.2, 0.25) is 0 Å². The first-order valence-electron chi connectivity index (χ1n) is 6.76. The topological polar surface area (TPSA) is 84.9 Å². The Morgan fingerprint density at radius 3 is 2.71 bits per heavy atom. The summed E-state index contributed by atoms with van der Waals surface area (Å²) >= 11 is 0. The molecule has 1 aromatic carbocycles. The summed E-state index contributed by atoms with van der Waals surface area (Å²) in [6, 6.07) is 3.23. The van der Waals surface area contributed by atoms with Gasteiger partial charge in [-0.3, -0.25) is 9.59 Å². The molecule has 0 aliphatic heterocycles. The molecular formula is C15H21NO5. The van der Waals surface area contributed by atoms with Crippen LogP contribution in [0.15, 0.2) is 12.1 Å². The van der Waals surface area contributed by atoms with Crippen LogP contribution >= 0.6 is 0 Å². The molecule has 1 amide bonds. The van der Waals surface area contributed by atoms with Gasteiger partial charge < -0.3 is 19.9 Å². The summed E-state index contributed by atoms with van der Waals surface area (Å²) in [4.78, 5) is 22.1. The van der Waals surface area contributed by atoms with Gasteiger partial charge in [-0.1, -0.05) is 0 Å². The van der Waals surface area contributed by atoms with Crippen LogP contribution in [-0.4, -0.2) is 38.1 Å². The number of methoxy groups -OCH3 is 1. The molecule has 21 heavy (non-hydrogen) atoms. The van der Waals surface area contributed by atoms with Crippen LogP contribution in [0.3, 0.4) is 0 Å². The normalized spacial score (nSPS) is 10.0. The van der Waals surface area contributed by atoms with Crippen molar-refractivity contribution in [1.29, 1.82) is 0 Å². The van der Waals surface area contributed by atoms with E-state index >= 15 is 0 Å². The molecule has 0 saturated carbocycles. The number of ether oxygens (including phenoxy) is 2. The smallest absolute Gasteiger partial charge is 0.219 e. The predicted octanol–water partition coefficient (Wildman–Crippen LogP) is 1.30. The van der Waals surface area contributed by atoms with E-state index in [9.17, 15) is 14.7 Å². The lowest BCUT2D eigenvalue weighted by atomic mass is 10.1. The first-order chi connectivity index (χ1) is 10.2. The Labute approximate surface area is 124 Å². The molecule has 0 spiro atoms. The maximum Gasteiger partial charge on any atom is 0.219 e. The van der Waals surface area contributed by atoms with Crippen molar-refractivity contribution in [1.82, 2.24) is 5.32 Å². The van der Waals surface area contributed by atoms with E-state index in [1.54, 1.807) is 19.2 Å². The minimum atomic E-state index is -0.266. The van der Waals surface area contributed by atoms with E-state index in [2.05, 4.69) is 5.32 Å². The average molecular weight is 295 g/mol. The van der Waals surface area contributed by atoms with E-state index in [0.717, 1.165) is 12.8 Å². The molecule has 0 bridgehead atoms. The third-order valence-corrected chi connectivity index (χ3v) is 3.06. The van der Waals surface area contributed by atoms with Crippen LogP contribution in [0.1, 0.15) is 35.2 Å². The standard InChI is InChI=1S/C15H21NO5/c1-16-15(19)5-3-4-6-21-12-7-11(9-17)13(10-18)14(8-12)20-2/h7-8,10,17H,3-6,9H2,1-2H3,(H,16,19). The highest BCUT2D eigenvalue weighted by Gasteiger charge is 2.11. The number of carbonyl (C=O) groups excluding carboxylic acids is 2. The van der Waals surface area contributed by atoms with Crippen LogP contribution in [0.25, 0.3) is 0 Å². The fraction of sp³-hybridized carbons (Fsp3) is 0.467. The van der Waals surface area contributed by atoms with E-state index in [4.69, 9.17) is 9.47 Å². The second kappa shape index (κ2) is 8.97. The highest BCUT2D eigenvalue weighted by Crippen LogP contribution is 2.28. The Kier molecular flexibility index (Phi) is 7.25. The molecule has 0 aromatic heterocycles. The summed E-state index contributed by atoms with van der Waals surface area (Å²) < 4.78 is 10.7. The fourth-order valence-electron chi connectivity index (χ4n) is 1.88. The minimum absolute atomic E-state index is 0.00886. The van der Waals surface area contributed by atoms with Crippen molar-refractivity contribution in [2.45, 2.75) is 25.9 Å². The Bertz CT molecular complexity index is 462. The highest BCUT2D eigenvalue weighted by molar-refractivity contribution is 5.82. The minimum Gasteiger partial charge on any atom is -0.496 e. The Hall–Kier alpha value is -2.08. The summed E-state index contributed by atoms with van der Waals surface area (Å²) in [5.74, 6) is 0.910. The second-order valence-electron chi connectivity index (χ2n) is 4.45. The lowest BCUT2D eigenvalue weighted by molar-refractivity contribution is -0.120. The zero-order valence-corrected chi connectivity index (χ0v) is 12.3. The van der Waals surface area contributed by atoms with Gasteiger partial charge in [-0.15, -0.1) is 0 Å². The molecule has 0 unspecified atom stereocenters. The summed E-state index contributed by atoms with van der Waals surface area (Å²) in [5.41, 5.74) is 0.789. The van der Waals surface area contributed by atoms with Crippen molar-refractivity contribution in [3.05, 3.63) is 23.3 Å². The third-order valence-electron chi connectivity index (χ3n) is 3.06. The number of rotatable bonds is 9. The van der Waals surface area contributed by atoms with Crippen molar-refractivity contribution in [2.75, 3.05) is 20.8 Å². The van der Waals surface area contributed by atoms with E-state index in [1.807, 2.05) is 0 Å². The zero-order valence-electron chi connectivity index (χ0n) is 12.3. The first kappa shape index (κ1) is 17.0. The van der Waals surface area contributed by atoms with Crippen molar-refractivity contribution in [3.8, 4) is 11.5 Å². The summed E-state index contributed by atoms with van der Waals surface area (Å²) in [5, 5.41) is 11.8. The van der Waals surface area contributed by atoms with E-state index in [1.165, 1.54) is 7.11 Å². The number of benzene rings is 1. The van der Waals surface area contributed by atoms with Crippen LogP contribution in [0.4, 0.5) is 0 Å². The molecule has 0 aliphatic carbocycles. The lowest BCUT2D eigenvalue weighted by Gasteiger charge is -2.12. The van der Waals surface area contributed by atoms with Gasteiger partial charge in [0.2, 0.25) is 5.91 Å². The van der Waals surface area contributed by atoms with Gasteiger partial charge >= 0.3 is 0 Å². The number of hydrogen-bond donors (Lipinski definition) is 2. The molecule has 0 atom stereocenters. The van der Waals surface area contributed by atoms with Crippen LogP contribution < -0.4 is 14.8 Å². The number of aliphatic hydroxyl groups excluding tert-OH is 1. The molecule has 6 heteroatoms. The number of nitrogens with one attached hydrogen (secondary N) is 1. The summed E-state index contributed by atoms with van der Waals surface area (Å²) in [6.07, 6.45) is 2.59. The number of carbonyl (C=O) groups is 2. The van der Waals surface area contributed by atoms with Crippen LogP contribution in [0.5, 0.6) is 11.5 Å². The zero-order chi connectivity index (χ0) is 15.7. The predicted molar refractivity (Wildman–Crippen MR) is 77.7 cm³/mol. The van der Waals surface area contributed by atoms with Crippen molar-refractivity contribution < 1.29 is 24.2 Å². The number of amides is 1. The Morgan fingerprint density at radius 2 is 2.14 bits per heavy atom. The van der Waals surface area contributed by atoms with Gasteiger partial charge in [-0.05, 0) is 24.5 Å². The van der Waals surface area contributed by atoms with Crippen LogP contribution in [0, 0.1) is 0 Å². The largest absolute Gasteiger partial charge is 0.496 e. The van der Waals surface area contributed by atoms with Gasteiger partial charge in [0, 0.05) is 19.5 Å². The van der Waals surface area contributed by atoms with Gasteiger partial charge in [-0.25, -0.2) is 0 Å². The van der Waals surface area contributed by atoms with Gasteiger partial charge in [0.1, 0.15) is 11.5 Å². The van der Waals surface area contributed by atoms with E-state index in [-0.39, 0.29) is 12.5 Å². The Balaban J connectivity index is 2.59. The molecule has 2 N–H and O–H groups in total. The second-order valence-corrected chi connectivity index (χ2v) is 4.45. The fourth-order valence-corrected chi connectivity index (χ4v) is 1.88. The molecule has 6 nitrogen and oxygen atoms in total. The lowest BCUT2D eigenvalue weighted by Crippen LogP contribution is -2.17. The maximum atomic E-state index is 11.1. The molecule has 0 heterocycles. The first-order valence-corrected chi connectivity index (χ1v) is 6.76. The summed E-state index contributed by atoms with van der Waals surface area (Å²) in [7, 11) is 3.06. The van der Waals surface area contributed by atoms with Crippen molar-refractivity contribution in [2.24, 2.45) is 0 Å². The molecule has 1 aromatic rings. The number of aldehydes is 1. The van der Waals surface area contributed by atoms with Crippen molar-refractivity contribution in [3.63, 3.8) is 0 Å². The molecule has 0 fully saturated rings. The van der Waals surface area contributed by atoms with E-state index in [0.29, 0.717) is 41.9 Å². The molecular weight excluding hydrogens is 274 g/mol. The van der Waals surface area contributed by atoms with Crippen molar-refractivity contribution >= 4 is 12.2 Å². The number of hydrogen-bond acceptors (Lipinski definition) is 5. The third kappa shape index (κ3) is 5.07.